The maximum atomic E-state index is 11.7. The number of benzene rings is 2. The molecule has 4 heterocycles. The van der Waals surface area contributed by atoms with E-state index in [9.17, 15) is 10.2 Å². The van der Waals surface area contributed by atoms with E-state index in [1.807, 2.05) is 36.8 Å². The van der Waals surface area contributed by atoms with Gasteiger partial charge in [-0.05, 0) is 109 Å². The number of hydrogen-bond donors (Lipinski definition) is 8. The largest absolute Gasteiger partial charge is 0.398 e. The van der Waals surface area contributed by atoms with E-state index in [0.29, 0.717) is 86.8 Å². The van der Waals surface area contributed by atoms with Crippen LogP contribution >= 0.6 is 23.2 Å². The number of nitrogens with two attached hydrogens (primary N) is 2. The molecule has 0 spiro atoms. The zero-order valence-corrected chi connectivity index (χ0v) is 34.8. The van der Waals surface area contributed by atoms with Crippen molar-refractivity contribution in [3.05, 3.63) is 70.2 Å². The van der Waals surface area contributed by atoms with Crippen molar-refractivity contribution < 1.29 is 10.2 Å². The zero-order valence-electron chi connectivity index (χ0n) is 33.3. The first kappa shape index (κ1) is 41.5. The average molecular weight is 820 g/mol. The molecular formula is C39H52Cl2N14O2. The van der Waals surface area contributed by atoms with Crippen LogP contribution in [0.5, 0.6) is 0 Å². The summed E-state index contributed by atoms with van der Waals surface area (Å²) in [5.41, 5.74) is 15.2. The third-order valence-corrected chi connectivity index (χ3v) is 10.3. The Balaban J connectivity index is 1.19. The van der Waals surface area contributed by atoms with Gasteiger partial charge in [0.15, 0.2) is 34.0 Å². The highest BCUT2D eigenvalue weighted by Crippen LogP contribution is 2.30. The Bertz CT molecular complexity index is 2350. The number of nitrogens with one attached hydrogen (secondary N) is 4. The predicted molar refractivity (Wildman–Crippen MR) is 230 cm³/mol. The van der Waals surface area contributed by atoms with Crippen LogP contribution in [0.25, 0.3) is 22.3 Å². The molecule has 0 amide bonds. The number of halogens is 2. The van der Waals surface area contributed by atoms with E-state index < -0.39 is 17.2 Å². The van der Waals surface area contributed by atoms with Crippen LogP contribution in [0, 0.1) is 0 Å². The smallest absolute Gasteiger partial charge is 0.227 e. The van der Waals surface area contributed by atoms with Crippen LogP contribution in [0.1, 0.15) is 84.5 Å². The van der Waals surface area contributed by atoms with E-state index in [1.54, 1.807) is 69.8 Å². The molecule has 0 radical (unpaired) electrons. The molecule has 0 aliphatic heterocycles. The molecule has 2 atom stereocenters. The van der Waals surface area contributed by atoms with Gasteiger partial charge in [-0.15, -0.1) is 0 Å². The van der Waals surface area contributed by atoms with Crippen molar-refractivity contribution >= 4 is 80.4 Å². The number of imidazole rings is 2. The number of rotatable bonds is 17. The zero-order chi connectivity index (χ0) is 41.2. The van der Waals surface area contributed by atoms with Crippen molar-refractivity contribution in [3.63, 3.8) is 0 Å². The second-order valence-electron chi connectivity index (χ2n) is 15.8. The van der Waals surface area contributed by atoms with Crippen LogP contribution in [0.15, 0.2) is 49.1 Å². The van der Waals surface area contributed by atoms with Crippen molar-refractivity contribution in [2.24, 2.45) is 0 Å². The maximum Gasteiger partial charge on any atom is 0.227 e. The van der Waals surface area contributed by atoms with Gasteiger partial charge in [-0.3, -0.25) is 0 Å². The van der Waals surface area contributed by atoms with Gasteiger partial charge in [-0.25, -0.2) is 9.97 Å². The summed E-state index contributed by atoms with van der Waals surface area (Å²) in [6, 6.07) is 10.2. The number of aromatic nitrogens is 8. The number of anilines is 6. The lowest BCUT2D eigenvalue weighted by molar-refractivity contribution is 0.0295. The van der Waals surface area contributed by atoms with Crippen LogP contribution in [-0.2, 0) is 13.1 Å². The molecule has 6 aromatic rings. The Morgan fingerprint density at radius 2 is 1.18 bits per heavy atom. The van der Waals surface area contributed by atoms with Gasteiger partial charge in [0.05, 0.1) is 29.9 Å². The summed E-state index contributed by atoms with van der Waals surface area (Å²) in [5.74, 6) is 1.60. The molecule has 2 unspecified atom stereocenters. The maximum absolute atomic E-state index is 11.7. The molecule has 6 rings (SSSR count). The van der Waals surface area contributed by atoms with Crippen molar-refractivity contribution in [3.8, 4) is 0 Å². The Morgan fingerprint density at radius 3 is 1.65 bits per heavy atom. The number of aliphatic hydroxyl groups is 2. The summed E-state index contributed by atoms with van der Waals surface area (Å²) in [6.07, 6.45) is 4.12. The molecule has 0 saturated heterocycles. The normalized spacial score (nSPS) is 13.7. The van der Waals surface area contributed by atoms with Crippen molar-refractivity contribution in [1.82, 2.24) is 39.0 Å². The van der Waals surface area contributed by atoms with Gasteiger partial charge in [0.25, 0.3) is 0 Å². The molecule has 0 aliphatic carbocycles. The minimum Gasteiger partial charge on any atom is -0.398 e. The third kappa shape index (κ3) is 9.87. The molecule has 304 valence electrons. The van der Waals surface area contributed by atoms with E-state index in [4.69, 9.17) is 54.6 Å². The lowest BCUT2D eigenvalue weighted by atomic mass is 9.89. The second-order valence-corrected chi connectivity index (χ2v) is 16.6. The standard InChI is InChI=1S/C39H52Cl2N14O2/c1-21(2)54-19-47-30-32(44-16-23-14-25(40)8-10-27(23)42)50-36(52-34(30)54)46-18-39(7,57)13-12-29(38(5,6)56)49-37-51-33(31-35(53-37)55(20-48-31)22(3)4)45-17-24-15-26(41)9-11-28(24)43/h8-11,14-15,19-22,29,56-57H,12-13,16-18,42-43H2,1-7H3,(H2,44,46,50,52)(H2,45,49,51,53). The first-order valence-corrected chi connectivity index (χ1v) is 19.6. The second kappa shape index (κ2) is 16.7. The van der Waals surface area contributed by atoms with Gasteiger partial charge >= 0.3 is 0 Å². The molecule has 2 aromatic carbocycles. The van der Waals surface area contributed by atoms with E-state index >= 15 is 0 Å². The van der Waals surface area contributed by atoms with Gasteiger partial charge < -0.3 is 52.1 Å². The molecule has 10 N–H and O–H groups in total. The fraction of sp³-hybridized carbons (Fsp3) is 0.436. The molecule has 0 aliphatic rings. The van der Waals surface area contributed by atoms with Gasteiger partial charge in [-0.1, -0.05) is 23.2 Å². The summed E-state index contributed by atoms with van der Waals surface area (Å²) in [6.45, 7) is 14.2. The van der Waals surface area contributed by atoms with E-state index in [1.165, 1.54) is 0 Å². The summed E-state index contributed by atoms with van der Waals surface area (Å²) in [4.78, 5) is 28.3. The highest BCUT2D eigenvalue weighted by molar-refractivity contribution is 6.31. The van der Waals surface area contributed by atoms with E-state index in [-0.39, 0.29) is 25.0 Å². The Hall–Kier alpha value is -5.16. The fourth-order valence-corrected chi connectivity index (χ4v) is 6.75. The van der Waals surface area contributed by atoms with Gasteiger partial charge in [0.2, 0.25) is 11.9 Å². The first-order valence-electron chi connectivity index (χ1n) is 18.9. The summed E-state index contributed by atoms with van der Waals surface area (Å²) >= 11 is 12.5. The molecule has 18 heteroatoms. The Morgan fingerprint density at radius 1 is 0.702 bits per heavy atom. The summed E-state index contributed by atoms with van der Waals surface area (Å²) in [5, 5.41) is 37.5. The summed E-state index contributed by atoms with van der Waals surface area (Å²) in [7, 11) is 0. The first-order chi connectivity index (χ1) is 26.9. The molecule has 0 saturated carbocycles. The van der Waals surface area contributed by atoms with Gasteiger partial charge in [-0.2, -0.15) is 19.9 Å². The molecule has 4 aromatic heterocycles. The predicted octanol–water partition coefficient (Wildman–Crippen LogP) is 7.02. The fourth-order valence-electron chi connectivity index (χ4n) is 6.36. The number of nitrogens with zero attached hydrogens (tertiary/aromatic N) is 8. The third-order valence-electron chi connectivity index (χ3n) is 9.81. The lowest BCUT2D eigenvalue weighted by Gasteiger charge is -2.33. The Kier molecular flexibility index (Phi) is 12.2. The molecule has 16 nitrogen and oxygen atoms in total. The quantitative estimate of drug-likeness (QED) is 0.0433. The van der Waals surface area contributed by atoms with E-state index in [0.717, 1.165) is 11.1 Å². The van der Waals surface area contributed by atoms with Gasteiger partial charge in [0, 0.05) is 53.1 Å². The number of hydrogen-bond acceptors (Lipinski definition) is 14. The van der Waals surface area contributed by atoms with Crippen LogP contribution < -0.4 is 32.7 Å². The van der Waals surface area contributed by atoms with Crippen molar-refractivity contribution in [2.45, 2.75) is 104 Å². The molecule has 57 heavy (non-hydrogen) atoms. The molecule has 0 fully saturated rings. The van der Waals surface area contributed by atoms with Crippen LogP contribution in [0.2, 0.25) is 10.0 Å². The topological polar surface area (TPSA) is 228 Å². The van der Waals surface area contributed by atoms with E-state index in [2.05, 4.69) is 31.2 Å². The monoisotopic (exact) mass is 818 g/mol. The highest BCUT2D eigenvalue weighted by atomic mass is 35.5. The number of fused-ring (bicyclic) bond motifs is 2. The van der Waals surface area contributed by atoms with Crippen molar-refractivity contribution in [2.75, 3.05) is 39.3 Å². The average Bonchev–Trinajstić information content (AvgIpc) is 3.78. The van der Waals surface area contributed by atoms with Crippen LogP contribution in [0.4, 0.5) is 34.9 Å². The lowest BCUT2D eigenvalue weighted by Crippen LogP contribution is -2.44. The summed E-state index contributed by atoms with van der Waals surface area (Å²) < 4.78 is 3.91. The minimum atomic E-state index is -1.24. The molecular weight excluding hydrogens is 767 g/mol. The Labute approximate surface area is 341 Å². The van der Waals surface area contributed by atoms with Crippen LogP contribution in [0.3, 0.4) is 0 Å². The van der Waals surface area contributed by atoms with Gasteiger partial charge in [0.1, 0.15) is 0 Å². The highest BCUT2D eigenvalue weighted by Gasteiger charge is 2.32. The molecule has 0 bridgehead atoms. The SMILES string of the molecule is CC(C)n1cnc2c(NCc3cc(Cl)ccc3N)nc(NCC(C)(O)CCC(Nc3nc(NCc4cc(Cl)ccc4N)c4ncn(C(C)C)c4n3)C(C)(C)O)nc21. The number of nitrogen functional groups attached to an aromatic ring is 2. The van der Waals surface area contributed by atoms with Crippen LogP contribution in [-0.4, -0.2) is 73.0 Å². The van der Waals surface area contributed by atoms with Crippen molar-refractivity contribution in [1.29, 1.82) is 0 Å². The minimum absolute atomic E-state index is 0.0751.